The van der Waals surface area contributed by atoms with Gasteiger partial charge in [-0.1, -0.05) is 42.5 Å². The van der Waals surface area contributed by atoms with Crippen LogP contribution in [0, 0.1) is 5.82 Å². The van der Waals surface area contributed by atoms with E-state index >= 15 is 0 Å². The van der Waals surface area contributed by atoms with Crippen molar-refractivity contribution in [3.63, 3.8) is 0 Å². The van der Waals surface area contributed by atoms with Crippen molar-refractivity contribution in [2.24, 2.45) is 0 Å². The van der Waals surface area contributed by atoms with E-state index in [2.05, 4.69) is 0 Å². The van der Waals surface area contributed by atoms with Crippen LogP contribution in [0.5, 0.6) is 0 Å². The number of hydrogen-bond donors (Lipinski definition) is 0. The number of aromatic nitrogens is 1. The third-order valence-electron chi connectivity index (χ3n) is 6.46. The van der Waals surface area contributed by atoms with Crippen molar-refractivity contribution in [2.45, 2.75) is 24.9 Å². The van der Waals surface area contributed by atoms with Crippen LogP contribution in [0.1, 0.15) is 33.9 Å². The Morgan fingerprint density at radius 1 is 1.09 bits per heavy atom. The van der Waals surface area contributed by atoms with E-state index in [-0.39, 0.29) is 23.7 Å². The molecule has 3 heterocycles. The Balaban J connectivity index is 1.34. The van der Waals surface area contributed by atoms with Crippen LogP contribution in [0.25, 0.3) is 10.2 Å². The van der Waals surface area contributed by atoms with E-state index in [9.17, 15) is 14.0 Å². The first-order valence-corrected chi connectivity index (χ1v) is 12.8. The standard InChI is InChI=1S/C27H25ClFN3O2S/c1-18-16-30(11-12-31(18)26(34)24(28)20-7-3-2-4-8-20)25(33)23-15-21-10-13-35-27(21)32(23)17-19-6-5-9-22(29)14-19/h2-10,13-15,18,24H,11-12,16-17H2,1H3. The average Bonchev–Trinajstić information content (AvgIpc) is 3.46. The Hall–Kier alpha value is -3.16. The lowest BCUT2D eigenvalue weighted by Gasteiger charge is -2.40. The first kappa shape index (κ1) is 23.6. The van der Waals surface area contributed by atoms with Crippen LogP contribution in [-0.4, -0.2) is 51.9 Å². The van der Waals surface area contributed by atoms with E-state index in [0.717, 1.165) is 21.3 Å². The second kappa shape index (κ2) is 9.84. The van der Waals surface area contributed by atoms with Crippen LogP contribution < -0.4 is 0 Å². The summed E-state index contributed by atoms with van der Waals surface area (Å²) in [5.74, 6) is -0.533. The normalized spacial score (nSPS) is 17.1. The van der Waals surface area contributed by atoms with Crippen molar-refractivity contribution in [1.29, 1.82) is 0 Å². The van der Waals surface area contributed by atoms with Crippen molar-refractivity contribution in [3.8, 4) is 0 Å². The molecule has 1 saturated heterocycles. The first-order chi connectivity index (χ1) is 16.9. The topological polar surface area (TPSA) is 45.6 Å². The van der Waals surface area contributed by atoms with Crippen LogP contribution in [0.3, 0.4) is 0 Å². The monoisotopic (exact) mass is 509 g/mol. The zero-order chi connectivity index (χ0) is 24.5. The van der Waals surface area contributed by atoms with Gasteiger partial charge in [0.2, 0.25) is 5.91 Å². The number of fused-ring (bicyclic) bond motifs is 1. The number of carbonyl (C=O) groups excluding carboxylic acids is 2. The number of rotatable bonds is 5. The number of piperazine rings is 1. The Morgan fingerprint density at radius 2 is 1.89 bits per heavy atom. The molecule has 2 atom stereocenters. The number of benzene rings is 2. The molecule has 1 fully saturated rings. The van der Waals surface area contributed by atoms with Gasteiger partial charge in [0.25, 0.3) is 5.91 Å². The molecule has 0 bridgehead atoms. The van der Waals surface area contributed by atoms with E-state index in [1.54, 1.807) is 27.2 Å². The largest absolute Gasteiger partial charge is 0.335 e. The summed E-state index contributed by atoms with van der Waals surface area (Å²) >= 11 is 8.05. The smallest absolute Gasteiger partial charge is 0.270 e. The van der Waals surface area contributed by atoms with Gasteiger partial charge in [0.1, 0.15) is 21.7 Å². The average molecular weight is 510 g/mol. The number of nitrogens with zero attached hydrogens (tertiary/aromatic N) is 3. The number of alkyl halides is 1. The van der Waals surface area contributed by atoms with Crippen LogP contribution in [0.15, 0.2) is 72.1 Å². The SMILES string of the molecule is CC1CN(C(=O)c2cc3ccsc3n2Cc2cccc(F)c2)CCN1C(=O)C(Cl)c1ccccc1. The van der Waals surface area contributed by atoms with Crippen LogP contribution in [0.2, 0.25) is 0 Å². The number of amides is 2. The third-order valence-corrected chi connectivity index (χ3v) is 7.85. The van der Waals surface area contributed by atoms with Gasteiger partial charge >= 0.3 is 0 Å². The fourth-order valence-corrected chi connectivity index (χ4v) is 5.84. The highest BCUT2D eigenvalue weighted by molar-refractivity contribution is 7.16. The van der Waals surface area contributed by atoms with E-state index in [1.807, 2.05) is 65.4 Å². The molecule has 2 aromatic carbocycles. The maximum atomic E-state index is 13.8. The minimum Gasteiger partial charge on any atom is -0.335 e. The van der Waals surface area contributed by atoms with Gasteiger partial charge in [-0.2, -0.15) is 0 Å². The van der Waals surface area contributed by atoms with Crippen LogP contribution in [-0.2, 0) is 11.3 Å². The van der Waals surface area contributed by atoms with Crippen LogP contribution >= 0.6 is 22.9 Å². The lowest BCUT2D eigenvalue weighted by molar-refractivity contribution is -0.135. The Bertz CT molecular complexity index is 1370. The first-order valence-electron chi connectivity index (χ1n) is 11.5. The van der Waals surface area contributed by atoms with Gasteiger partial charge < -0.3 is 14.4 Å². The fraction of sp³-hybridized carbons (Fsp3) is 0.259. The molecule has 5 rings (SSSR count). The summed E-state index contributed by atoms with van der Waals surface area (Å²) in [4.78, 5) is 31.2. The molecule has 2 aromatic heterocycles. The van der Waals surface area contributed by atoms with E-state index in [4.69, 9.17) is 11.6 Å². The molecule has 1 aliphatic heterocycles. The lowest BCUT2D eigenvalue weighted by atomic mass is 10.1. The highest BCUT2D eigenvalue weighted by Gasteiger charge is 2.34. The summed E-state index contributed by atoms with van der Waals surface area (Å²) in [5, 5.41) is 2.23. The minimum absolute atomic E-state index is 0.0887. The van der Waals surface area contributed by atoms with E-state index in [0.29, 0.717) is 31.9 Å². The Labute approximate surface area is 212 Å². The van der Waals surface area contributed by atoms with Crippen molar-refractivity contribution in [3.05, 3.63) is 94.7 Å². The number of carbonyl (C=O) groups is 2. The molecule has 0 aliphatic carbocycles. The maximum absolute atomic E-state index is 13.8. The molecule has 4 aromatic rings. The van der Waals surface area contributed by atoms with Crippen molar-refractivity contribution >= 4 is 45.0 Å². The maximum Gasteiger partial charge on any atom is 0.270 e. The van der Waals surface area contributed by atoms with Gasteiger partial charge in [0.15, 0.2) is 0 Å². The van der Waals surface area contributed by atoms with Crippen LogP contribution in [0.4, 0.5) is 4.39 Å². The van der Waals surface area contributed by atoms with Gasteiger partial charge in [-0.25, -0.2) is 4.39 Å². The number of thiophene rings is 1. The summed E-state index contributed by atoms with van der Waals surface area (Å²) in [7, 11) is 0. The van der Waals surface area contributed by atoms with Gasteiger partial charge in [-0.3, -0.25) is 9.59 Å². The predicted molar refractivity (Wildman–Crippen MR) is 137 cm³/mol. The van der Waals surface area contributed by atoms with Gasteiger partial charge in [0.05, 0.1) is 0 Å². The number of halogens is 2. The summed E-state index contributed by atoms with van der Waals surface area (Å²) in [6, 6.07) is 19.5. The second-order valence-electron chi connectivity index (χ2n) is 8.83. The van der Waals surface area contributed by atoms with Crippen molar-refractivity contribution in [1.82, 2.24) is 14.4 Å². The molecule has 2 unspecified atom stereocenters. The summed E-state index contributed by atoms with van der Waals surface area (Å²) in [6.45, 7) is 3.60. The lowest BCUT2D eigenvalue weighted by Crippen LogP contribution is -2.56. The molecule has 180 valence electrons. The summed E-state index contributed by atoms with van der Waals surface area (Å²) in [6.07, 6.45) is 0. The molecule has 0 spiro atoms. The van der Waals surface area contributed by atoms with Crippen molar-refractivity contribution < 1.29 is 14.0 Å². The summed E-state index contributed by atoms with van der Waals surface area (Å²) < 4.78 is 15.7. The molecule has 2 amide bonds. The molecule has 0 saturated carbocycles. The quantitative estimate of drug-likeness (QED) is 0.331. The van der Waals surface area contributed by atoms with E-state index in [1.165, 1.54) is 12.1 Å². The second-order valence-corrected chi connectivity index (χ2v) is 10.2. The van der Waals surface area contributed by atoms with Crippen molar-refractivity contribution in [2.75, 3.05) is 19.6 Å². The van der Waals surface area contributed by atoms with Gasteiger partial charge in [0, 0.05) is 37.6 Å². The molecule has 0 radical (unpaired) electrons. The zero-order valence-corrected chi connectivity index (χ0v) is 20.8. The van der Waals surface area contributed by atoms with Gasteiger partial charge in [-0.05, 0) is 47.7 Å². The minimum atomic E-state index is -0.754. The molecule has 5 nitrogen and oxygen atoms in total. The molecular weight excluding hydrogens is 485 g/mol. The molecule has 1 aliphatic rings. The number of hydrogen-bond acceptors (Lipinski definition) is 3. The summed E-state index contributed by atoms with van der Waals surface area (Å²) in [5.41, 5.74) is 2.13. The third kappa shape index (κ3) is 4.70. The van der Waals surface area contributed by atoms with E-state index < -0.39 is 5.38 Å². The van der Waals surface area contributed by atoms with Gasteiger partial charge in [-0.15, -0.1) is 22.9 Å². The molecule has 35 heavy (non-hydrogen) atoms. The Kier molecular flexibility index (Phi) is 6.62. The highest BCUT2D eigenvalue weighted by atomic mass is 35.5. The fourth-order valence-electron chi connectivity index (χ4n) is 4.67. The predicted octanol–water partition coefficient (Wildman–Crippen LogP) is 5.54. The highest BCUT2D eigenvalue weighted by Crippen LogP contribution is 2.29. The molecule has 8 heteroatoms. The molecular formula is C27H25ClFN3O2S. The Morgan fingerprint density at radius 3 is 2.63 bits per heavy atom. The zero-order valence-electron chi connectivity index (χ0n) is 19.2. The molecule has 0 N–H and O–H groups in total.